The molecule has 2 aliphatic carbocycles. The van der Waals surface area contributed by atoms with Crippen molar-refractivity contribution >= 4 is 11.7 Å². The lowest BCUT2D eigenvalue weighted by Crippen LogP contribution is -2.57. The summed E-state index contributed by atoms with van der Waals surface area (Å²) in [5, 5.41) is 15.1. The molecular weight excluding hydrogens is 302 g/mol. The van der Waals surface area contributed by atoms with Crippen molar-refractivity contribution in [3.8, 4) is 0 Å². The van der Waals surface area contributed by atoms with Crippen molar-refractivity contribution in [3.63, 3.8) is 0 Å². The van der Waals surface area contributed by atoms with Gasteiger partial charge in [-0.15, -0.1) is 0 Å². The van der Waals surface area contributed by atoms with E-state index in [-0.39, 0.29) is 11.3 Å². The minimum atomic E-state index is -0.639. The van der Waals surface area contributed by atoms with Gasteiger partial charge >= 0.3 is 6.03 Å². The normalized spacial score (nSPS) is 39.2. The number of fused-ring (bicyclic) bond motifs is 1. The summed E-state index contributed by atoms with van der Waals surface area (Å²) >= 11 is 0. The average molecular weight is 338 g/mol. The van der Waals surface area contributed by atoms with Crippen molar-refractivity contribution in [3.05, 3.63) is 0 Å². The zero-order valence-corrected chi connectivity index (χ0v) is 16.0. The summed E-state index contributed by atoms with van der Waals surface area (Å²) in [7, 11) is 0. The Balaban J connectivity index is 2.18. The van der Waals surface area contributed by atoms with Gasteiger partial charge in [0.1, 0.15) is 0 Å². The number of amides is 2. The molecule has 24 heavy (non-hydrogen) atoms. The van der Waals surface area contributed by atoms with Crippen molar-refractivity contribution in [2.75, 3.05) is 0 Å². The molecule has 0 spiro atoms. The first-order chi connectivity index (χ1) is 11.0. The molecule has 0 radical (unpaired) electrons. The first-order valence-electron chi connectivity index (χ1n) is 9.30. The van der Waals surface area contributed by atoms with Crippen molar-refractivity contribution in [1.29, 1.82) is 0 Å². The maximum absolute atomic E-state index is 11.1. The van der Waals surface area contributed by atoms with Crippen LogP contribution >= 0.6 is 0 Å². The fraction of sp³-hybridized carbons (Fsp3) is 0.895. The molecule has 0 heterocycles. The minimum absolute atomic E-state index is 0.168. The van der Waals surface area contributed by atoms with Crippen molar-refractivity contribution in [1.82, 2.24) is 5.43 Å². The highest BCUT2D eigenvalue weighted by Crippen LogP contribution is 2.62. The summed E-state index contributed by atoms with van der Waals surface area (Å²) < 4.78 is 0. The van der Waals surface area contributed by atoms with E-state index >= 15 is 0 Å². The SMILES string of the molecule is C/C(CC[C@H]1[C@@]2(C)CCCC(C)(C)[C@H]2CC[C@@]1(C)O)=N\NC(N)=O. The van der Waals surface area contributed by atoms with Gasteiger partial charge in [0.25, 0.3) is 0 Å². The van der Waals surface area contributed by atoms with E-state index in [0.717, 1.165) is 31.4 Å². The maximum atomic E-state index is 11.1. The summed E-state index contributed by atoms with van der Waals surface area (Å²) in [5.74, 6) is 0.909. The van der Waals surface area contributed by atoms with E-state index in [1.165, 1.54) is 19.3 Å². The Morgan fingerprint density at radius 2 is 1.92 bits per heavy atom. The molecule has 0 unspecified atom stereocenters. The van der Waals surface area contributed by atoms with Crippen LogP contribution in [-0.4, -0.2) is 22.5 Å². The lowest BCUT2D eigenvalue weighted by molar-refractivity contribution is -0.168. The summed E-state index contributed by atoms with van der Waals surface area (Å²) in [4.78, 5) is 10.8. The Morgan fingerprint density at radius 3 is 2.54 bits per heavy atom. The summed E-state index contributed by atoms with van der Waals surface area (Å²) in [6, 6.07) is -0.639. The molecule has 5 nitrogen and oxygen atoms in total. The maximum Gasteiger partial charge on any atom is 0.332 e. The van der Waals surface area contributed by atoms with Gasteiger partial charge in [0, 0.05) is 5.71 Å². The average Bonchev–Trinajstić information content (AvgIpc) is 2.42. The fourth-order valence-corrected chi connectivity index (χ4v) is 5.83. The molecular formula is C19H35N3O2. The molecule has 0 aromatic heterocycles. The van der Waals surface area contributed by atoms with Crippen LogP contribution in [0, 0.1) is 22.7 Å². The first kappa shape index (κ1) is 19.2. The molecule has 5 heteroatoms. The van der Waals surface area contributed by atoms with Crippen molar-refractivity contribution in [2.24, 2.45) is 33.5 Å². The number of nitrogens with zero attached hydrogens (tertiary/aromatic N) is 1. The highest BCUT2D eigenvalue weighted by molar-refractivity contribution is 5.83. The van der Waals surface area contributed by atoms with Gasteiger partial charge in [-0.05, 0) is 75.0 Å². The Bertz CT molecular complexity index is 513. The molecule has 2 aliphatic rings. The Hall–Kier alpha value is -1.10. The van der Waals surface area contributed by atoms with E-state index in [1.54, 1.807) is 0 Å². The molecule has 4 atom stereocenters. The molecule has 2 saturated carbocycles. The van der Waals surface area contributed by atoms with E-state index in [0.29, 0.717) is 11.3 Å². The molecule has 2 rings (SSSR count). The Kier molecular flexibility index (Phi) is 5.34. The number of urea groups is 1. The van der Waals surface area contributed by atoms with E-state index in [2.05, 4.69) is 31.3 Å². The lowest BCUT2D eigenvalue weighted by atomic mass is 9.45. The number of rotatable bonds is 4. The Morgan fingerprint density at radius 1 is 1.25 bits per heavy atom. The third kappa shape index (κ3) is 3.76. The number of hydrogen-bond acceptors (Lipinski definition) is 3. The molecule has 0 aromatic rings. The first-order valence-corrected chi connectivity index (χ1v) is 9.30. The second kappa shape index (κ2) is 6.66. The zero-order chi connectivity index (χ0) is 18.2. The van der Waals surface area contributed by atoms with Crippen LogP contribution in [0.5, 0.6) is 0 Å². The number of aliphatic hydroxyl groups is 1. The summed E-state index contributed by atoms with van der Waals surface area (Å²) in [6.45, 7) is 11.1. The van der Waals surface area contributed by atoms with Crippen LogP contribution in [-0.2, 0) is 0 Å². The quantitative estimate of drug-likeness (QED) is 0.538. The smallest absolute Gasteiger partial charge is 0.332 e. The number of nitrogens with one attached hydrogen (secondary N) is 1. The molecule has 0 bridgehead atoms. The fourth-order valence-electron chi connectivity index (χ4n) is 5.83. The van der Waals surface area contributed by atoms with Gasteiger partial charge in [-0.3, -0.25) is 0 Å². The van der Waals surface area contributed by atoms with Crippen LogP contribution in [0.4, 0.5) is 4.79 Å². The second-order valence-corrected chi connectivity index (χ2v) is 9.21. The van der Waals surface area contributed by atoms with E-state index in [1.807, 2.05) is 13.8 Å². The number of primary amides is 1. The van der Waals surface area contributed by atoms with Gasteiger partial charge in [-0.2, -0.15) is 5.10 Å². The number of hydrazone groups is 1. The Labute approximate surface area is 146 Å². The monoisotopic (exact) mass is 337 g/mol. The van der Waals surface area contributed by atoms with Gasteiger partial charge in [0.15, 0.2) is 0 Å². The summed E-state index contributed by atoms with van der Waals surface area (Å²) in [6.07, 6.45) is 7.36. The second-order valence-electron chi connectivity index (χ2n) is 9.21. The largest absolute Gasteiger partial charge is 0.390 e. The number of carbonyl (C=O) groups excluding carboxylic acids is 1. The van der Waals surface area contributed by atoms with Gasteiger partial charge in [-0.25, -0.2) is 10.2 Å². The van der Waals surface area contributed by atoms with E-state index < -0.39 is 11.6 Å². The number of hydrogen-bond donors (Lipinski definition) is 3. The molecule has 0 aromatic carbocycles. The predicted molar refractivity (Wildman–Crippen MR) is 97.6 cm³/mol. The zero-order valence-electron chi connectivity index (χ0n) is 16.0. The van der Waals surface area contributed by atoms with Crippen LogP contribution < -0.4 is 11.2 Å². The molecule has 0 aliphatic heterocycles. The predicted octanol–water partition coefficient (Wildman–Crippen LogP) is 3.80. The molecule has 4 N–H and O–H groups in total. The van der Waals surface area contributed by atoms with Crippen LogP contribution in [0.2, 0.25) is 0 Å². The van der Waals surface area contributed by atoms with Gasteiger partial charge in [-0.1, -0.05) is 27.2 Å². The molecule has 138 valence electrons. The van der Waals surface area contributed by atoms with Crippen molar-refractivity contribution in [2.45, 2.75) is 85.2 Å². The minimum Gasteiger partial charge on any atom is -0.390 e. The summed E-state index contributed by atoms with van der Waals surface area (Å²) in [5.41, 5.74) is 8.10. The third-order valence-corrected chi connectivity index (χ3v) is 6.91. The van der Waals surface area contributed by atoms with Crippen LogP contribution in [0.15, 0.2) is 5.10 Å². The number of carbonyl (C=O) groups is 1. The van der Waals surface area contributed by atoms with Crippen LogP contribution in [0.25, 0.3) is 0 Å². The highest BCUT2D eigenvalue weighted by atomic mass is 16.3. The molecule has 2 amide bonds. The third-order valence-electron chi connectivity index (χ3n) is 6.91. The van der Waals surface area contributed by atoms with E-state index in [4.69, 9.17) is 5.73 Å². The van der Waals surface area contributed by atoms with Crippen LogP contribution in [0.1, 0.15) is 79.6 Å². The van der Waals surface area contributed by atoms with Gasteiger partial charge < -0.3 is 10.8 Å². The van der Waals surface area contributed by atoms with Gasteiger partial charge in [0.05, 0.1) is 5.60 Å². The molecule has 2 fully saturated rings. The topological polar surface area (TPSA) is 87.7 Å². The standard InChI is InChI=1S/C19H35N3O2/c1-13(21-22-16(20)23)7-8-15-18(4)11-6-10-17(2,3)14(18)9-12-19(15,5)24/h14-15,24H,6-12H2,1-5H3,(H3,20,22,23)/b21-13+/t14-,15+,18+,19-/m1/s1. The molecule has 0 saturated heterocycles. The van der Waals surface area contributed by atoms with E-state index in [9.17, 15) is 9.90 Å². The van der Waals surface area contributed by atoms with Gasteiger partial charge in [0.2, 0.25) is 0 Å². The van der Waals surface area contributed by atoms with Crippen LogP contribution in [0.3, 0.4) is 0 Å². The van der Waals surface area contributed by atoms with Crippen molar-refractivity contribution < 1.29 is 9.90 Å². The number of nitrogens with two attached hydrogens (primary N) is 1. The lowest BCUT2D eigenvalue weighted by Gasteiger charge is -2.61. The highest BCUT2D eigenvalue weighted by Gasteiger charge is 2.57.